The van der Waals surface area contributed by atoms with Crippen LogP contribution in [0.2, 0.25) is 5.02 Å². The predicted molar refractivity (Wildman–Crippen MR) is 95.2 cm³/mol. The molecule has 1 heterocycles. The number of benzene rings is 2. The second kappa shape index (κ2) is 7.07. The fraction of sp³-hybridized carbons (Fsp3) is 0.0588. The van der Waals surface area contributed by atoms with E-state index in [1.54, 1.807) is 13.2 Å². The van der Waals surface area contributed by atoms with Crippen molar-refractivity contribution in [2.24, 2.45) is 4.99 Å². The number of rotatable bonds is 3. The van der Waals surface area contributed by atoms with Gasteiger partial charge in [-0.25, -0.2) is 9.38 Å². The minimum Gasteiger partial charge on any atom is -0.496 e. The number of hydrogen-bond acceptors (Lipinski definition) is 4. The maximum atomic E-state index is 13.2. The van der Waals surface area contributed by atoms with Crippen molar-refractivity contribution in [3.8, 4) is 5.75 Å². The first-order chi connectivity index (χ1) is 11.6. The molecule has 4 nitrogen and oxygen atoms in total. The molecule has 122 valence electrons. The van der Waals surface area contributed by atoms with Crippen molar-refractivity contribution in [1.82, 2.24) is 5.32 Å². The molecular weight excluding hydrogens is 351 g/mol. The first-order valence-electron chi connectivity index (χ1n) is 6.94. The number of nitrogens with one attached hydrogen (secondary N) is 1. The van der Waals surface area contributed by atoms with E-state index < -0.39 is 5.82 Å². The Morgan fingerprint density at radius 1 is 1.29 bits per heavy atom. The van der Waals surface area contributed by atoms with E-state index in [-0.39, 0.29) is 10.9 Å². The largest absolute Gasteiger partial charge is 0.496 e. The number of para-hydroxylation sites is 1. The van der Waals surface area contributed by atoms with Gasteiger partial charge in [0.2, 0.25) is 0 Å². The topological polar surface area (TPSA) is 50.7 Å². The Labute approximate surface area is 147 Å². The molecule has 1 amide bonds. The third-order valence-electron chi connectivity index (χ3n) is 3.21. The van der Waals surface area contributed by atoms with Gasteiger partial charge in [-0.05, 0) is 42.1 Å². The standard InChI is InChI=1S/C17H12ClFN2O2S/c1-23-14-5-3-2-4-10(14)8-15-16(22)21-17(24-15)20-11-6-7-13(19)12(18)9-11/h2-9H,1H3,(H,20,21,22)/b15-8-. The van der Waals surface area contributed by atoms with E-state index >= 15 is 0 Å². The highest BCUT2D eigenvalue weighted by atomic mass is 35.5. The van der Waals surface area contributed by atoms with Gasteiger partial charge in [0.05, 0.1) is 22.7 Å². The van der Waals surface area contributed by atoms with Crippen LogP contribution in [0, 0.1) is 5.82 Å². The van der Waals surface area contributed by atoms with Crippen LogP contribution >= 0.6 is 23.4 Å². The highest BCUT2D eigenvalue weighted by Crippen LogP contribution is 2.31. The third-order valence-corrected chi connectivity index (χ3v) is 4.41. The first-order valence-corrected chi connectivity index (χ1v) is 8.14. The SMILES string of the molecule is COc1ccccc1/C=C1\SC(=Nc2ccc(F)c(Cl)c2)NC1=O. The molecule has 1 saturated heterocycles. The summed E-state index contributed by atoms with van der Waals surface area (Å²) in [6, 6.07) is 11.5. The Morgan fingerprint density at radius 2 is 2.08 bits per heavy atom. The van der Waals surface area contributed by atoms with Crippen LogP contribution in [0.1, 0.15) is 5.56 Å². The number of amidine groups is 1. The molecule has 0 bridgehead atoms. The fourth-order valence-corrected chi connectivity index (χ4v) is 3.09. The van der Waals surface area contributed by atoms with Gasteiger partial charge in [0, 0.05) is 5.56 Å². The number of carbonyl (C=O) groups excluding carboxylic acids is 1. The maximum Gasteiger partial charge on any atom is 0.264 e. The third kappa shape index (κ3) is 3.60. The monoisotopic (exact) mass is 362 g/mol. The molecular formula is C17H12ClFN2O2S. The molecule has 0 aliphatic carbocycles. The molecule has 24 heavy (non-hydrogen) atoms. The summed E-state index contributed by atoms with van der Waals surface area (Å²) in [4.78, 5) is 16.9. The molecule has 3 rings (SSSR count). The minimum absolute atomic E-state index is 0.0176. The lowest BCUT2D eigenvalue weighted by atomic mass is 10.2. The van der Waals surface area contributed by atoms with E-state index in [0.717, 1.165) is 5.56 Å². The summed E-state index contributed by atoms with van der Waals surface area (Å²) in [6.07, 6.45) is 1.74. The van der Waals surface area contributed by atoms with Gasteiger partial charge >= 0.3 is 0 Å². The lowest BCUT2D eigenvalue weighted by molar-refractivity contribution is -0.115. The molecule has 0 radical (unpaired) electrons. The van der Waals surface area contributed by atoms with Crippen molar-refractivity contribution in [2.45, 2.75) is 0 Å². The summed E-state index contributed by atoms with van der Waals surface area (Å²) in [6.45, 7) is 0. The molecule has 0 unspecified atom stereocenters. The molecule has 1 N–H and O–H groups in total. The number of nitrogens with zero attached hydrogens (tertiary/aromatic N) is 1. The van der Waals surface area contributed by atoms with Crippen LogP contribution in [-0.2, 0) is 4.79 Å². The Hall–Kier alpha value is -2.31. The number of carbonyl (C=O) groups is 1. The van der Waals surface area contributed by atoms with Crippen LogP contribution in [0.3, 0.4) is 0 Å². The van der Waals surface area contributed by atoms with Crippen LogP contribution in [0.5, 0.6) is 5.75 Å². The predicted octanol–water partition coefficient (Wildman–Crippen LogP) is 4.38. The van der Waals surface area contributed by atoms with E-state index in [9.17, 15) is 9.18 Å². The van der Waals surface area contributed by atoms with Gasteiger partial charge in [0.15, 0.2) is 5.17 Å². The van der Waals surface area contributed by atoms with Crippen molar-refractivity contribution in [1.29, 1.82) is 0 Å². The van der Waals surface area contributed by atoms with Crippen LogP contribution in [0.25, 0.3) is 6.08 Å². The van der Waals surface area contributed by atoms with E-state index in [1.807, 2.05) is 24.3 Å². The average Bonchev–Trinajstić information content (AvgIpc) is 2.91. The van der Waals surface area contributed by atoms with Crippen LogP contribution in [-0.4, -0.2) is 18.2 Å². The summed E-state index contributed by atoms with van der Waals surface area (Å²) >= 11 is 6.93. The number of aliphatic imine (C=N–C) groups is 1. The molecule has 1 aliphatic heterocycles. The van der Waals surface area contributed by atoms with Gasteiger partial charge in [-0.15, -0.1) is 0 Å². The summed E-state index contributed by atoms with van der Waals surface area (Å²) in [5.41, 5.74) is 1.26. The van der Waals surface area contributed by atoms with Crippen LogP contribution in [0.4, 0.5) is 10.1 Å². The van der Waals surface area contributed by atoms with Crippen molar-refractivity contribution in [3.05, 3.63) is 63.8 Å². The van der Waals surface area contributed by atoms with Gasteiger partial charge < -0.3 is 10.1 Å². The van der Waals surface area contributed by atoms with Crippen molar-refractivity contribution < 1.29 is 13.9 Å². The molecule has 0 spiro atoms. The van der Waals surface area contributed by atoms with Gasteiger partial charge in [0.25, 0.3) is 5.91 Å². The molecule has 0 atom stereocenters. The quantitative estimate of drug-likeness (QED) is 0.824. The molecule has 0 aromatic heterocycles. The smallest absolute Gasteiger partial charge is 0.264 e. The van der Waals surface area contributed by atoms with Crippen molar-refractivity contribution >= 4 is 46.2 Å². The number of amides is 1. The Kier molecular flexibility index (Phi) is 4.87. The van der Waals surface area contributed by atoms with Gasteiger partial charge in [-0.1, -0.05) is 29.8 Å². The van der Waals surface area contributed by atoms with Crippen LogP contribution in [0.15, 0.2) is 52.4 Å². The zero-order valence-corrected chi connectivity index (χ0v) is 14.1. The van der Waals surface area contributed by atoms with Gasteiger partial charge in [-0.3, -0.25) is 4.79 Å². The van der Waals surface area contributed by atoms with Gasteiger partial charge in [-0.2, -0.15) is 0 Å². The molecule has 1 fully saturated rings. The van der Waals surface area contributed by atoms with Crippen molar-refractivity contribution in [3.63, 3.8) is 0 Å². The summed E-state index contributed by atoms with van der Waals surface area (Å²) in [7, 11) is 1.57. The first kappa shape index (κ1) is 16.5. The molecule has 0 saturated carbocycles. The Morgan fingerprint density at radius 3 is 2.83 bits per heavy atom. The van der Waals surface area contributed by atoms with E-state index in [0.29, 0.717) is 21.5 Å². The van der Waals surface area contributed by atoms with E-state index in [1.165, 1.54) is 30.0 Å². The highest BCUT2D eigenvalue weighted by Gasteiger charge is 2.24. The fourth-order valence-electron chi connectivity index (χ4n) is 2.08. The second-order valence-electron chi connectivity index (χ2n) is 4.82. The second-order valence-corrected chi connectivity index (χ2v) is 6.26. The zero-order valence-electron chi connectivity index (χ0n) is 12.5. The van der Waals surface area contributed by atoms with Crippen molar-refractivity contribution in [2.75, 3.05) is 7.11 Å². The maximum absolute atomic E-state index is 13.2. The number of halogens is 2. The zero-order chi connectivity index (χ0) is 17.1. The lowest BCUT2D eigenvalue weighted by Gasteiger charge is -2.03. The number of ether oxygens (including phenoxy) is 1. The van der Waals surface area contributed by atoms with E-state index in [2.05, 4.69) is 10.3 Å². The molecule has 2 aromatic carbocycles. The summed E-state index contributed by atoms with van der Waals surface area (Å²) < 4.78 is 18.4. The molecule has 7 heteroatoms. The summed E-state index contributed by atoms with van der Waals surface area (Å²) in [5, 5.41) is 3.06. The number of methoxy groups -OCH3 is 1. The van der Waals surface area contributed by atoms with E-state index in [4.69, 9.17) is 16.3 Å². The normalized spacial score (nSPS) is 17.4. The number of hydrogen-bond donors (Lipinski definition) is 1. The highest BCUT2D eigenvalue weighted by molar-refractivity contribution is 8.18. The Balaban J connectivity index is 1.86. The molecule has 1 aliphatic rings. The molecule has 2 aromatic rings. The number of thioether (sulfide) groups is 1. The lowest BCUT2D eigenvalue weighted by Crippen LogP contribution is -2.19. The van der Waals surface area contributed by atoms with Gasteiger partial charge in [0.1, 0.15) is 11.6 Å². The summed E-state index contributed by atoms with van der Waals surface area (Å²) in [5.74, 6) is -0.0903. The average molecular weight is 363 g/mol. The van der Waals surface area contributed by atoms with Crippen LogP contribution < -0.4 is 10.1 Å². The Bertz CT molecular complexity index is 867. The minimum atomic E-state index is -0.513.